The first-order valence-electron chi connectivity index (χ1n) is 4.33. The van der Waals surface area contributed by atoms with E-state index in [1.54, 1.807) is 0 Å². The molecule has 34 valence electrons. The van der Waals surface area contributed by atoms with E-state index >= 15 is 0 Å². The first kappa shape index (κ1) is 13.9. The summed E-state index contributed by atoms with van der Waals surface area (Å²) < 4.78 is 0. The first-order valence-corrected chi connectivity index (χ1v) is 4.33. The van der Waals surface area contributed by atoms with Gasteiger partial charge in [-0.3, -0.25) is 0 Å². The predicted octanol–water partition coefficient (Wildman–Crippen LogP) is 0.710. The van der Waals surface area contributed by atoms with E-state index in [9.17, 15) is 0 Å². The van der Waals surface area contributed by atoms with Gasteiger partial charge in [-0.25, -0.2) is 0 Å². The van der Waals surface area contributed by atoms with Gasteiger partial charge in [-0.15, -0.1) is 0 Å². The van der Waals surface area contributed by atoms with Gasteiger partial charge in [0.25, 0.3) is 0 Å². The van der Waals surface area contributed by atoms with Gasteiger partial charge in [-0.2, -0.15) is 0 Å². The SMILES string of the molecule is [Li][CH2]C[CH2][Li].[Li][CH2][CH2][Li]. The van der Waals surface area contributed by atoms with Gasteiger partial charge in [0.05, 0.1) is 0 Å². The van der Waals surface area contributed by atoms with Crippen LogP contribution in [0, 0.1) is 0 Å². The molecule has 0 saturated heterocycles. The van der Waals surface area contributed by atoms with E-state index in [1.807, 2.05) is 0 Å². The molecule has 0 N–H and O–H groups in total. The van der Waals surface area contributed by atoms with E-state index in [0.717, 1.165) is 0 Å². The Bertz CT molecular complexity index is 28.1. The molecule has 0 atom stereocenters. The number of hydrogen-bond acceptors (Lipinski definition) is 0. The Hall–Kier alpha value is 2.39. The Kier molecular flexibility index (Phi) is 26.0. The number of rotatable bonds is 3. The van der Waals surface area contributed by atoms with Gasteiger partial charge in [0, 0.05) is 0 Å². The predicted molar refractivity (Wildman–Crippen MR) is 46.9 cm³/mol. The molecule has 0 aliphatic rings. The Morgan fingerprint density at radius 3 is 0.889 bits per heavy atom. The Balaban J connectivity index is 0. The molecule has 9 heavy (non-hydrogen) atoms. The van der Waals surface area contributed by atoms with Crippen LogP contribution in [0.3, 0.4) is 0 Å². The van der Waals surface area contributed by atoms with Crippen molar-refractivity contribution in [2.75, 3.05) is 0 Å². The third-order valence-corrected chi connectivity index (χ3v) is 1.21. The van der Waals surface area contributed by atoms with E-state index in [0.29, 0.717) is 0 Å². The maximum atomic E-state index is 2.21. The monoisotopic (exact) mass is 98.1 g/mol. The van der Waals surface area contributed by atoms with Crippen molar-refractivity contribution >= 4 is 70.9 Å². The van der Waals surface area contributed by atoms with Crippen molar-refractivity contribution in [3.05, 3.63) is 0 Å². The molecule has 0 rings (SSSR count). The summed E-state index contributed by atoms with van der Waals surface area (Å²) in [7, 11) is 0. The van der Waals surface area contributed by atoms with E-state index in [2.05, 4.69) is 70.9 Å². The van der Waals surface area contributed by atoms with Crippen LogP contribution < -0.4 is 0 Å². The zero-order chi connectivity index (χ0) is 7.54. The van der Waals surface area contributed by atoms with Crippen LogP contribution in [0.25, 0.3) is 0 Å². The van der Waals surface area contributed by atoms with E-state index in [4.69, 9.17) is 0 Å². The zero-order valence-electron chi connectivity index (χ0n) is 7.54. The normalized spacial score (nSPS) is 8.44. The van der Waals surface area contributed by atoms with Gasteiger partial charge in [0.15, 0.2) is 0 Å². The van der Waals surface area contributed by atoms with Crippen molar-refractivity contribution in [1.29, 1.82) is 0 Å². The van der Waals surface area contributed by atoms with Gasteiger partial charge in [0.2, 0.25) is 0 Å². The quantitative estimate of drug-likeness (QED) is 0.456. The van der Waals surface area contributed by atoms with Crippen LogP contribution in [0.2, 0.25) is 20.4 Å². The van der Waals surface area contributed by atoms with E-state index < -0.39 is 0 Å². The van der Waals surface area contributed by atoms with Gasteiger partial charge >= 0.3 is 97.7 Å². The second kappa shape index (κ2) is 16.8. The fraction of sp³-hybridized carbons (Fsp3) is 1.00. The van der Waals surface area contributed by atoms with Crippen molar-refractivity contribution in [3.63, 3.8) is 0 Å². The van der Waals surface area contributed by atoms with Crippen molar-refractivity contribution in [1.82, 2.24) is 0 Å². The van der Waals surface area contributed by atoms with Gasteiger partial charge < -0.3 is 0 Å². The van der Waals surface area contributed by atoms with Crippen LogP contribution in [0.15, 0.2) is 0 Å². The minimum absolute atomic E-state index is 1.32. The molecule has 0 aliphatic heterocycles. The summed E-state index contributed by atoms with van der Waals surface area (Å²) in [5.41, 5.74) is 0. The molecule has 4 heteroatoms. The van der Waals surface area contributed by atoms with Crippen LogP contribution >= 0.6 is 0 Å². The molecule has 0 radical (unpaired) electrons. The Morgan fingerprint density at radius 1 is 0.556 bits per heavy atom. The fourth-order valence-electron chi connectivity index (χ4n) is 0.354. The summed E-state index contributed by atoms with van der Waals surface area (Å²) in [4.78, 5) is 0. The molecule has 0 heterocycles. The summed E-state index contributed by atoms with van der Waals surface area (Å²) >= 11 is 8.78. The first-order chi connectivity index (χ1) is 4.33. The summed E-state index contributed by atoms with van der Waals surface area (Å²) in [6.45, 7) is 0. The maximum absolute atomic E-state index is 2.21. The average molecular weight is 97.9 g/mol. The number of hydrogen-bond donors (Lipinski definition) is 0. The topological polar surface area (TPSA) is 0 Å². The van der Waals surface area contributed by atoms with Gasteiger partial charge in [0.1, 0.15) is 0 Å². The van der Waals surface area contributed by atoms with Crippen LogP contribution in [0.4, 0.5) is 0 Å². The van der Waals surface area contributed by atoms with Crippen molar-refractivity contribution < 1.29 is 0 Å². The van der Waals surface area contributed by atoms with Crippen molar-refractivity contribution in [3.8, 4) is 0 Å². The average Bonchev–Trinajstić information content (AvgIpc) is 1.91. The van der Waals surface area contributed by atoms with Gasteiger partial charge in [-0.1, -0.05) is 0 Å². The van der Waals surface area contributed by atoms with Gasteiger partial charge in [-0.05, 0) is 0 Å². The third-order valence-electron chi connectivity index (χ3n) is 1.21. The summed E-state index contributed by atoms with van der Waals surface area (Å²) in [5.74, 6) is 0. The molecule has 0 saturated carbocycles. The zero-order valence-corrected chi connectivity index (χ0v) is 7.54. The molecule has 0 unspecified atom stereocenters. The molecular formula is C5H10Li4. The molecule has 0 aromatic heterocycles. The van der Waals surface area contributed by atoms with Crippen molar-refractivity contribution in [2.24, 2.45) is 0 Å². The van der Waals surface area contributed by atoms with E-state index in [1.165, 1.54) is 26.8 Å². The summed E-state index contributed by atoms with van der Waals surface area (Å²) in [6.07, 6.45) is 1.39. The molecule has 0 amide bonds. The van der Waals surface area contributed by atoms with Crippen LogP contribution in [-0.2, 0) is 0 Å². The second-order valence-corrected chi connectivity index (χ2v) is 2.35. The summed E-state index contributed by atoms with van der Waals surface area (Å²) in [5, 5.41) is 5.33. The summed E-state index contributed by atoms with van der Waals surface area (Å²) in [6, 6.07) is 0. The van der Waals surface area contributed by atoms with E-state index in [-0.39, 0.29) is 0 Å². The molecule has 0 fully saturated rings. The molecule has 0 spiro atoms. The Morgan fingerprint density at radius 2 is 0.889 bits per heavy atom. The Labute approximate surface area is 96.5 Å². The van der Waals surface area contributed by atoms with Crippen molar-refractivity contribution in [2.45, 2.75) is 26.8 Å². The second-order valence-electron chi connectivity index (χ2n) is 2.35. The molecule has 0 aliphatic carbocycles. The molecule has 0 bridgehead atoms. The molecule has 0 aromatic rings. The van der Waals surface area contributed by atoms with Crippen LogP contribution in [0.5, 0.6) is 0 Å². The third kappa shape index (κ3) is 25.2. The van der Waals surface area contributed by atoms with Crippen LogP contribution in [-0.4, -0.2) is 70.9 Å². The fourth-order valence-corrected chi connectivity index (χ4v) is 0.354. The molecular weight excluding hydrogens is 87.8 g/mol. The standard InChI is InChI=1S/C3H6.C2H4.4Li/c1-3-2;1-2;;;;/h1-3H2;1-2H2;;;;. The molecule has 0 nitrogen and oxygen atoms in total. The molecule has 0 aromatic carbocycles. The minimum atomic E-state index is 1.32. The van der Waals surface area contributed by atoms with Crippen LogP contribution in [0.1, 0.15) is 6.42 Å².